The molecule has 0 aliphatic carbocycles. The van der Waals surface area contributed by atoms with Gasteiger partial charge in [0.2, 0.25) is 5.91 Å². The van der Waals surface area contributed by atoms with E-state index >= 15 is 0 Å². The third-order valence-electron chi connectivity index (χ3n) is 2.14. The fraction of sp³-hybridized carbons (Fsp3) is 0.889. The molecule has 0 aromatic carbocycles. The van der Waals surface area contributed by atoms with E-state index in [2.05, 4.69) is 0 Å². The van der Waals surface area contributed by atoms with Crippen LogP contribution in [-0.4, -0.2) is 36.4 Å². The largest absolute Gasteiger partial charge is 0.416 e. The Morgan fingerprint density at radius 3 is 2.44 bits per heavy atom. The number of halogens is 3. The Morgan fingerprint density at radius 1 is 1.50 bits per heavy atom. The second kappa shape index (κ2) is 6.70. The molecule has 2 unspecified atom stereocenters. The number of carbonyl (C=O) groups excluding carboxylic acids is 1. The Morgan fingerprint density at radius 2 is 2.06 bits per heavy atom. The SMILES string of the molecule is CCCC(CN)C(=O)NCC(O)C(F)(F)F. The van der Waals surface area contributed by atoms with E-state index in [1.54, 1.807) is 0 Å². The quantitative estimate of drug-likeness (QED) is 0.631. The van der Waals surface area contributed by atoms with Gasteiger partial charge in [-0.3, -0.25) is 4.79 Å². The van der Waals surface area contributed by atoms with Crippen LogP contribution in [0.2, 0.25) is 0 Å². The Kier molecular flexibility index (Phi) is 6.35. The molecule has 0 aromatic heterocycles. The van der Waals surface area contributed by atoms with Gasteiger partial charge in [0.05, 0.1) is 12.5 Å². The van der Waals surface area contributed by atoms with E-state index in [9.17, 15) is 18.0 Å². The summed E-state index contributed by atoms with van der Waals surface area (Å²) < 4.78 is 35.7. The van der Waals surface area contributed by atoms with Crippen molar-refractivity contribution in [3.8, 4) is 0 Å². The normalized spacial score (nSPS) is 15.6. The smallest absolute Gasteiger partial charge is 0.382 e. The van der Waals surface area contributed by atoms with Crippen LogP contribution in [0.25, 0.3) is 0 Å². The summed E-state index contributed by atoms with van der Waals surface area (Å²) >= 11 is 0. The topological polar surface area (TPSA) is 75.4 Å². The minimum absolute atomic E-state index is 0.0851. The van der Waals surface area contributed by atoms with E-state index in [1.807, 2.05) is 12.2 Å². The van der Waals surface area contributed by atoms with Crippen LogP contribution < -0.4 is 11.1 Å². The number of aliphatic hydroxyl groups is 1. The molecule has 16 heavy (non-hydrogen) atoms. The van der Waals surface area contributed by atoms with Crippen molar-refractivity contribution < 1.29 is 23.1 Å². The monoisotopic (exact) mass is 242 g/mol. The van der Waals surface area contributed by atoms with Gasteiger partial charge in [0.15, 0.2) is 6.10 Å². The van der Waals surface area contributed by atoms with Crippen LogP contribution in [0.5, 0.6) is 0 Å². The van der Waals surface area contributed by atoms with Gasteiger partial charge in [0.25, 0.3) is 0 Å². The first-order chi connectivity index (χ1) is 7.32. The van der Waals surface area contributed by atoms with Gasteiger partial charge in [-0.15, -0.1) is 0 Å². The highest BCUT2D eigenvalue weighted by atomic mass is 19.4. The molecule has 0 spiro atoms. The Balaban J connectivity index is 4.05. The van der Waals surface area contributed by atoms with Crippen molar-refractivity contribution in [1.29, 1.82) is 0 Å². The second-order valence-electron chi connectivity index (χ2n) is 3.52. The van der Waals surface area contributed by atoms with E-state index in [4.69, 9.17) is 10.8 Å². The summed E-state index contributed by atoms with van der Waals surface area (Å²) in [5.74, 6) is -1.04. The van der Waals surface area contributed by atoms with E-state index in [0.29, 0.717) is 6.42 Å². The fourth-order valence-corrected chi connectivity index (χ4v) is 1.16. The van der Waals surface area contributed by atoms with Gasteiger partial charge in [0.1, 0.15) is 0 Å². The van der Waals surface area contributed by atoms with Crippen LogP contribution in [-0.2, 0) is 4.79 Å². The van der Waals surface area contributed by atoms with Crippen LogP contribution >= 0.6 is 0 Å². The summed E-state index contributed by atoms with van der Waals surface area (Å²) in [4.78, 5) is 11.3. The summed E-state index contributed by atoms with van der Waals surface area (Å²) in [6.07, 6.45) is -6.01. The molecule has 0 aromatic rings. The molecule has 2 atom stereocenters. The van der Waals surface area contributed by atoms with E-state index in [-0.39, 0.29) is 6.54 Å². The Hall–Kier alpha value is -0.820. The molecule has 0 radical (unpaired) electrons. The molecule has 0 aliphatic heterocycles. The summed E-state index contributed by atoms with van der Waals surface area (Å²) in [7, 11) is 0. The van der Waals surface area contributed by atoms with Gasteiger partial charge in [-0.25, -0.2) is 0 Å². The van der Waals surface area contributed by atoms with Crippen molar-refractivity contribution in [3.05, 3.63) is 0 Å². The molecule has 4 nitrogen and oxygen atoms in total. The van der Waals surface area contributed by atoms with Gasteiger partial charge in [0, 0.05) is 6.54 Å². The zero-order chi connectivity index (χ0) is 12.8. The first kappa shape index (κ1) is 15.2. The van der Waals surface area contributed by atoms with E-state index in [0.717, 1.165) is 6.42 Å². The number of rotatable bonds is 6. The minimum atomic E-state index is -4.71. The van der Waals surface area contributed by atoms with Gasteiger partial charge in [-0.1, -0.05) is 13.3 Å². The average molecular weight is 242 g/mol. The molecular weight excluding hydrogens is 225 g/mol. The Labute approximate surface area is 92.0 Å². The van der Waals surface area contributed by atoms with Crippen molar-refractivity contribution in [2.24, 2.45) is 11.7 Å². The maximum atomic E-state index is 11.9. The summed E-state index contributed by atoms with van der Waals surface area (Å²) in [5.41, 5.74) is 5.31. The standard InChI is InChI=1S/C9H17F3N2O2/c1-2-3-6(4-13)8(16)14-5-7(15)9(10,11)12/h6-7,15H,2-5,13H2,1H3,(H,14,16). The van der Waals surface area contributed by atoms with Gasteiger partial charge >= 0.3 is 6.18 Å². The molecule has 4 N–H and O–H groups in total. The lowest BCUT2D eigenvalue weighted by Crippen LogP contribution is -2.43. The summed E-state index contributed by atoms with van der Waals surface area (Å²) in [6, 6.07) is 0. The van der Waals surface area contributed by atoms with Crippen LogP contribution in [0.1, 0.15) is 19.8 Å². The van der Waals surface area contributed by atoms with Crippen molar-refractivity contribution in [1.82, 2.24) is 5.32 Å². The highest BCUT2D eigenvalue weighted by molar-refractivity contribution is 5.78. The third kappa shape index (κ3) is 5.32. The molecular formula is C9H17F3N2O2. The van der Waals surface area contributed by atoms with E-state index < -0.39 is 30.7 Å². The van der Waals surface area contributed by atoms with Crippen LogP contribution in [0.3, 0.4) is 0 Å². The first-order valence-electron chi connectivity index (χ1n) is 5.05. The number of aliphatic hydroxyl groups excluding tert-OH is 1. The molecule has 0 fully saturated rings. The predicted octanol–water partition coefficient (Wildman–Crippen LogP) is 0.401. The summed E-state index contributed by atoms with van der Waals surface area (Å²) in [6.45, 7) is 1.10. The van der Waals surface area contributed by atoms with Crippen molar-refractivity contribution in [2.45, 2.75) is 32.0 Å². The number of amides is 1. The van der Waals surface area contributed by atoms with E-state index in [1.165, 1.54) is 0 Å². The molecule has 0 saturated carbocycles. The number of hydrogen-bond acceptors (Lipinski definition) is 3. The second-order valence-corrected chi connectivity index (χ2v) is 3.52. The molecule has 7 heteroatoms. The van der Waals surface area contributed by atoms with Gasteiger partial charge in [-0.2, -0.15) is 13.2 Å². The van der Waals surface area contributed by atoms with Crippen LogP contribution in [0.15, 0.2) is 0 Å². The third-order valence-corrected chi connectivity index (χ3v) is 2.14. The number of hydrogen-bond donors (Lipinski definition) is 3. The highest BCUT2D eigenvalue weighted by Gasteiger charge is 2.38. The van der Waals surface area contributed by atoms with Crippen molar-refractivity contribution in [2.75, 3.05) is 13.1 Å². The predicted molar refractivity (Wildman–Crippen MR) is 52.5 cm³/mol. The van der Waals surface area contributed by atoms with Crippen molar-refractivity contribution >= 4 is 5.91 Å². The molecule has 0 rings (SSSR count). The van der Waals surface area contributed by atoms with Crippen molar-refractivity contribution in [3.63, 3.8) is 0 Å². The highest BCUT2D eigenvalue weighted by Crippen LogP contribution is 2.19. The molecule has 0 bridgehead atoms. The fourth-order valence-electron chi connectivity index (χ4n) is 1.16. The maximum Gasteiger partial charge on any atom is 0.416 e. The maximum absolute atomic E-state index is 11.9. The first-order valence-corrected chi connectivity index (χ1v) is 5.05. The van der Waals surface area contributed by atoms with Crippen LogP contribution in [0, 0.1) is 5.92 Å². The molecule has 96 valence electrons. The Bertz CT molecular complexity index is 221. The number of carbonyl (C=O) groups is 1. The minimum Gasteiger partial charge on any atom is -0.382 e. The number of alkyl halides is 3. The summed E-state index contributed by atoms with van der Waals surface area (Å²) in [5, 5.41) is 10.7. The zero-order valence-corrected chi connectivity index (χ0v) is 9.05. The number of nitrogens with two attached hydrogens (primary N) is 1. The lowest BCUT2D eigenvalue weighted by molar-refractivity contribution is -0.202. The van der Waals surface area contributed by atoms with Gasteiger partial charge in [-0.05, 0) is 6.42 Å². The van der Waals surface area contributed by atoms with Gasteiger partial charge < -0.3 is 16.2 Å². The van der Waals surface area contributed by atoms with Crippen LogP contribution in [0.4, 0.5) is 13.2 Å². The zero-order valence-electron chi connectivity index (χ0n) is 9.05. The molecule has 0 saturated heterocycles. The molecule has 1 amide bonds. The molecule has 0 heterocycles. The molecule has 0 aliphatic rings. The average Bonchev–Trinajstić information content (AvgIpc) is 2.20. The lowest BCUT2D eigenvalue weighted by Gasteiger charge is -2.18. The lowest BCUT2D eigenvalue weighted by atomic mass is 10.0. The number of nitrogens with one attached hydrogen (secondary N) is 1.